The summed E-state index contributed by atoms with van der Waals surface area (Å²) in [6.45, 7) is 7.15. The van der Waals surface area contributed by atoms with Crippen LogP contribution in [0.3, 0.4) is 0 Å². The molecule has 0 N–H and O–H groups in total. The summed E-state index contributed by atoms with van der Waals surface area (Å²) in [6.07, 6.45) is 2.56. The first kappa shape index (κ1) is 11.8. The van der Waals surface area contributed by atoms with Crippen molar-refractivity contribution in [2.24, 2.45) is 0 Å². The fourth-order valence-corrected chi connectivity index (χ4v) is 2.82. The van der Waals surface area contributed by atoms with Gasteiger partial charge >= 0.3 is 0 Å². The van der Waals surface area contributed by atoms with Crippen molar-refractivity contribution in [3.63, 3.8) is 0 Å². The lowest BCUT2D eigenvalue weighted by atomic mass is 10.4. The highest BCUT2D eigenvalue weighted by molar-refractivity contribution is 7.71. The summed E-state index contributed by atoms with van der Waals surface area (Å²) in [5, 5.41) is 0. The molecule has 1 saturated heterocycles. The molecular weight excluding hydrogens is 246 g/mol. The van der Waals surface area contributed by atoms with Gasteiger partial charge in [-0.1, -0.05) is 0 Å². The van der Waals surface area contributed by atoms with E-state index in [0.717, 1.165) is 31.1 Å². The zero-order chi connectivity index (χ0) is 12.7. The molecule has 96 valence electrons. The molecule has 0 unspecified atom stereocenters. The molecular formula is C12H17N5S. The minimum absolute atomic E-state index is 0.614. The highest BCUT2D eigenvalue weighted by Crippen LogP contribution is 2.12. The molecule has 1 aliphatic heterocycles. The van der Waals surface area contributed by atoms with Crippen LogP contribution in [0.2, 0.25) is 0 Å². The SMILES string of the molecule is Cc1cc(C)n2c(n1)nc(=S)n2CN1CCCC1. The van der Waals surface area contributed by atoms with Crippen LogP contribution in [-0.4, -0.2) is 37.2 Å². The predicted octanol–water partition coefficient (Wildman–Crippen LogP) is 1.93. The van der Waals surface area contributed by atoms with Crippen molar-refractivity contribution in [1.29, 1.82) is 0 Å². The molecule has 6 heteroatoms. The summed E-state index contributed by atoms with van der Waals surface area (Å²) < 4.78 is 4.67. The van der Waals surface area contributed by atoms with E-state index in [9.17, 15) is 0 Å². The standard InChI is InChI=1S/C12H17N5S/c1-9-7-10(2)17-11(13-9)14-12(18)16(17)8-15-5-3-4-6-15/h7H,3-6,8H2,1-2H3. The van der Waals surface area contributed by atoms with E-state index in [2.05, 4.69) is 27.9 Å². The molecule has 1 aliphatic rings. The fraction of sp³-hybridized carbons (Fsp3) is 0.583. The van der Waals surface area contributed by atoms with Crippen molar-refractivity contribution in [2.75, 3.05) is 13.1 Å². The van der Waals surface area contributed by atoms with Crippen molar-refractivity contribution in [1.82, 2.24) is 24.1 Å². The van der Waals surface area contributed by atoms with E-state index in [1.807, 2.05) is 16.1 Å². The predicted molar refractivity (Wildman–Crippen MR) is 72.1 cm³/mol. The topological polar surface area (TPSA) is 38.4 Å². The van der Waals surface area contributed by atoms with Crippen molar-refractivity contribution in [2.45, 2.75) is 33.4 Å². The molecule has 18 heavy (non-hydrogen) atoms. The van der Waals surface area contributed by atoms with Crippen LogP contribution in [0, 0.1) is 18.6 Å². The van der Waals surface area contributed by atoms with Crippen molar-refractivity contribution >= 4 is 18.0 Å². The van der Waals surface area contributed by atoms with Gasteiger partial charge in [0.05, 0.1) is 6.67 Å². The Labute approximate surface area is 111 Å². The lowest BCUT2D eigenvalue weighted by Crippen LogP contribution is -2.25. The Morgan fingerprint density at radius 1 is 1.22 bits per heavy atom. The first-order valence-electron chi connectivity index (χ1n) is 6.31. The maximum atomic E-state index is 5.35. The third-order valence-electron chi connectivity index (χ3n) is 3.41. The summed E-state index contributed by atoms with van der Waals surface area (Å²) in [5.74, 6) is 0.705. The summed E-state index contributed by atoms with van der Waals surface area (Å²) in [5.41, 5.74) is 2.11. The van der Waals surface area contributed by atoms with Crippen LogP contribution in [0.15, 0.2) is 6.07 Å². The Morgan fingerprint density at radius 3 is 2.67 bits per heavy atom. The minimum Gasteiger partial charge on any atom is -0.284 e. The first-order chi connectivity index (χ1) is 8.65. The van der Waals surface area contributed by atoms with Crippen molar-refractivity contribution < 1.29 is 0 Å². The maximum absolute atomic E-state index is 5.35. The second-order valence-corrected chi connectivity index (χ2v) is 5.28. The van der Waals surface area contributed by atoms with Gasteiger partial charge in [-0.05, 0) is 58.1 Å². The lowest BCUT2D eigenvalue weighted by Gasteiger charge is -2.17. The van der Waals surface area contributed by atoms with Gasteiger partial charge in [-0.25, -0.2) is 14.2 Å². The molecule has 2 aromatic rings. The average molecular weight is 263 g/mol. The van der Waals surface area contributed by atoms with Crippen molar-refractivity contribution in [3.05, 3.63) is 22.2 Å². The van der Waals surface area contributed by atoms with E-state index in [-0.39, 0.29) is 0 Å². The molecule has 0 amide bonds. The van der Waals surface area contributed by atoms with Gasteiger partial charge < -0.3 is 0 Å². The zero-order valence-corrected chi connectivity index (χ0v) is 11.6. The number of hydrogen-bond acceptors (Lipinski definition) is 4. The monoisotopic (exact) mass is 263 g/mol. The molecule has 0 aromatic carbocycles. The van der Waals surface area contributed by atoms with Gasteiger partial charge in [0.15, 0.2) is 0 Å². The molecule has 5 nitrogen and oxygen atoms in total. The Bertz CT molecular complexity index is 636. The first-order valence-corrected chi connectivity index (χ1v) is 6.72. The lowest BCUT2D eigenvalue weighted by molar-refractivity contribution is 0.246. The highest BCUT2D eigenvalue weighted by Gasteiger charge is 2.15. The fourth-order valence-electron chi connectivity index (χ4n) is 2.60. The van der Waals surface area contributed by atoms with Crippen LogP contribution in [0.25, 0.3) is 5.78 Å². The van der Waals surface area contributed by atoms with E-state index in [1.165, 1.54) is 12.8 Å². The third kappa shape index (κ3) is 1.95. The van der Waals surface area contributed by atoms with Crippen LogP contribution < -0.4 is 0 Å². The van der Waals surface area contributed by atoms with E-state index in [4.69, 9.17) is 12.2 Å². The average Bonchev–Trinajstić information content (AvgIpc) is 2.88. The second kappa shape index (κ2) is 4.44. The molecule has 0 aliphatic carbocycles. The molecule has 1 fully saturated rings. The Hall–Kier alpha value is -1.27. The Kier molecular flexibility index (Phi) is 2.91. The van der Waals surface area contributed by atoms with E-state index < -0.39 is 0 Å². The molecule has 0 saturated carbocycles. The summed E-state index contributed by atoms with van der Waals surface area (Å²) in [7, 11) is 0. The molecule has 3 rings (SSSR count). The molecule has 0 radical (unpaired) electrons. The molecule has 0 atom stereocenters. The van der Waals surface area contributed by atoms with Crippen LogP contribution in [0.1, 0.15) is 24.2 Å². The van der Waals surface area contributed by atoms with Gasteiger partial charge in [0.2, 0.25) is 4.77 Å². The van der Waals surface area contributed by atoms with Gasteiger partial charge in [-0.15, -0.1) is 0 Å². The summed E-state index contributed by atoms with van der Waals surface area (Å²) >= 11 is 5.35. The van der Waals surface area contributed by atoms with Gasteiger partial charge in [0.1, 0.15) is 0 Å². The number of aromatic nitrogens is 4. The molecule has 0 bridgehead atoms. The van der Waals surface area contributed by atoms with Gasteiger partial charge in [-0.3, -0.25) is 4.90 Å². The number of nitrogens with zero attached hydrogens (tertiary/aromatic N) is 5. The number of rotatable bonds is 2. The smallest absolute Gasteiger partial charge is 0.252 e. The van der Waals surface area contributed by atoms with E-state index in [0.29, 0.717) is 10.5 Å². The minimum atomic E-state index is 0.614. The number of aryl methyl sites for hydroxylation is 2. The number of fused-ring (bicyclic) bond motifs is 1. The van der Waals surface area contributed by atoms with E-state index in [1.54, 1.807) is 0 Å². The second-order valence-electron chi connectivity index (χ2n) is 4.91. The Morgan fingerprint density at radius 2 is 1.94 bits per heavy atom. The Balaban J connectivity index is 2.10. The van der Waals surface area contributed by atoms with Gasteiger partial charge in [0.25, 0.3) is 5.78 Å². The summed E-state index contributed by atoms with van der Waals surface area (Å²) in [4.78, 5) is 11.2. The zero-order valence-electron chi connectivity index (χ0n) is 10.8. The molecule has 3 heterocycles. The molecule has 2 aromatic heterocycles. The van der Waals surface area contributed by atoms with Crippen LogP contribution >= 0.6 is 12.2 Å². The van der Waals surface area contributed by atoms with Crippen LogP contribution in [0.4, 0.5) is 0 Å². The number of likely N-dealkylation sites (tertiary alicyclic amines) is 1. The van der Waals surface area contributed by atoms with Crippen molar-refractivity contribution in [3.8, 4) is 0 Å². The largest absolute Gasteiger partial charge is 0.284 e. The quantitative estimate of drug-likeness (QED) is 0.776. The summed E-state index contributed by atoms with van der Waals surface area (Å²) in [6, 6.07) is 2.06. The van der Waals surface area contributed by atoms with Crippen LogP contribution in [-0.2, 0) is 6.67 Å². The molecule has 0 spiro atoms. The van der Waals surface area contributed by atoms with E-state index >= 15 is 0 Å². The van der Waals surface area contributed by atoms with Crippen LogP contribution in [0.5, 0.6) is 0 Å². The third-order valence-corrected chi connectivity index (χ3v) is 3.71. The maximum Gasteiger partial charge on any atom is 0.252 e. The normalized spacial score (nSPS) is 16.8. The van der Waals surface area contributed by atoms with Gasteiger partial charge in [0, 0.05) is 11.4 Å². The highest BCUT2D eigenvalue weighted by atomic mass is 32.1. The van der Waals surface area contributed by atoms with Gasteiger partial charge in [-0.2, -0.15) is 4.98 Å². The number of hydrogen-bond donors (Lipinski definition) is 0.